The molecule has 3 heterocycles. The van der Waals surface area contributed by atoms with Crippen LogP contribution in [0.4, 0.5) is 0 Å². The average molecular weight is 938 g/mol. The highest BCUT2D eigenvalue weighted by Gasteiger charge is 2.54. The zero-order valence-electron chi connectivity index (χ0n) is 41.1. The van der Waals surface area contributed by atoms with Gasteiger partial charge in [0.15, 0.2) is 18.7 Å². The van der Waals surface area contributed by atoms with Crippen LogP contribution in [0.15, 0.2) is 0 Å². The topological polar surface area (TPSA) is 274 Å². The Labute approximate surface area is 385 Å². The van der Waals surface area contributed by atoms with Crippen molar-refractivity contribution in [2.75, 3.05) is 54.7 Å². The fourth-order valence-corrected chi connectivity index (χ4v) is 9.57. The summed E-state index contributed by atoms with van der Waals surface area (Å²) >= 11 is 0. The van der Waals surface area contributed by atoms with Crippen LogP contribution < -0.4 is 10.6 Å². The summed E-state index contributed by atoms with van der Waals surface area (Å²) in [5.41, 5.74) is -5.94. The lowest BCUT2D eigenvalue weighted by molar-refractivity contribution is -0.320. The van der Waals surface area contributed by atoms with Gasteiger partial charge >= 0.3 is 11.9 Å². The van der Waals surface area contributed by atoms with Gasteiger partial charge < -0.3 is 84.1 Å². The molecule has 0 radical (unpaired) electrons. The maximum absolute atomic E-state index is 14.5. The van der Waals surface area contributed by atoms with Crippen LogP contribution in [0.2, 0.25) is 0 Å². The van der Waals surface area contributed by atoms with E-state index in [4.69, 9.17) is 37.9 Å². The summed E-state index contributed by atoms with van der Waals surface area (Å²) < 4.78 is 50.7. The van der Waals surface area contributed by atoms with Gasteiger partial charge in [0.1, 0.15) is 29.5 Å². The first kappa shape index (κ1) is 57.2. The minimum atomic E-state index is -2.01. The fourth-order valence-electron chi connectivity index (χ4n) is 9.57. The van der Waals surface area contributed by atoms with E-state index in [1.165, 1.54) is 21.1 Å². The Morgan fingerprint density at radius 1 is 0.908 bits per heavy atom. The second kappa shape index (κ2) is 23.9. The molecule has 0 saturated carbocycles. The van der Waals surface area contributed by atoms with Gasteiger partial charge in [-0.15, -0.1) is 0 Å². The quantitative estimate of drug-likeness (QED) is 0.0946. The molecule has 0 aromatic carbocycles. The van der Waals surface area contributed by atoms with Gasteiger partial charge in [-0.25, -0.2) is 0 Å². The number of amides is 1. The Morgan fingerprint density at radius 3 is 2.03 bits per heavy atom. The van der Waals surface area contributed by atoms with Gasteiger partial charge in [-0.05, 0) is 81.8 Å². The maximum Gasteiger partial charge on any atom is 0.311 e. The summed E-state index contributed by atoms with van der Waals surface area (Å²) in [6.07, 6.45) is -10.0. The highest BCUT2D eigenvalue weighted by molar-refractivity contribution is 5.78. The summed E-state index contributed by atoms with van der Waals surface area (Å²) in [5.74, 6) is -4.58. The molecule has 1 amide bonds. The summed E-state index contributed by atoms with van der Waals surface area (Å²) in [4.78, 5) is 43.4. The minimum Gasteiger partial charge on any atom is -0.459 e. The zero-order valence-corrected chi connectivity index (χ0v) is 41.1. The van der Waals surface area contributed by atoms with Crippen LogP contribution in [0.3, 0.4) is 0 Å². The number of methoxy groups -OCH3 is 2. The van der Waals surface area contributed by atoms with Crippen molar-refractivity contribution >= 4 is 17.8 Å². The predicted molar refractivity (Wildman–Crippen MR) is 235 cm³/mol. The molecule has 18 atom stereocenters. The number of aliphatic hydroxyl groups is 6. The van der Waals surface area contributed by atoms with Crippen LogP contribution in [0.1, 0.15) is 101 Å². The lowest BCUT2D eigenvalue weighted by Gasteiger charge is -2.49. The molecule has 0 aliphatic carbocycles. The van der Waals surface area contributed by atoms with Crippen molar-refractivity contribution < 1.29 is 82.9 Å². The Bertz CT molecular complexity index is 1510. The van der Waals surface area contributed by atoms with Gasteiger partial charge in [-0.3, -0.25) is 14.4 Å². The number of carbonyl (C=O) groups is 3. The van der Waals surface area contributed by atoms with Crippen molar-refractivity contribution in [3.63, 3.8) is 0 Å². The molecule has 0 aromatic heterocycles. The van der Waals surface area contributed by atoms with E-state index in [2.05, 4.69) is 10.6 Å². The number of carbonyl (C=O) groups excluding carboxylic acids is 3. The Hall–Kier alpha value is -2.15. The van der Waals surface area contributed by atoms with Gasteiger partial charge in [-0.1, -0.05) is 20.8 Å². The van der Waals surface area contributed by atoms with Crippen molar-refractivity contribution in [2.45, 2.75) is 197 Å². The number of nitrogens with zero attached hydrogens (tertiary/aromatic N) is 1. The molecule has 380 valence electrons. The average Bonchev–Trinajstić information content (AvgIpc) is 3.26. The number of rotatable bonds is 16. The Balaban J connectivity index is 2.13. The van der Waals surface area contributed by atoms with Gasteiger partial charge in [0.05, 0.1) is 73.8 Å². The molecule has 3 rings (SSSR count). The van der Waals surface area contributed by atoms with Gasteiger partial charge in [0.2, 0.25) is 5.91 Å². The summed E-state index contributed by atoms with van der Waals surface area (Å²) in [6, 6.07) is -1.31. The molecule has 3 saturated heterocycles. The third-order valence-corrected chi connectivity index (χ3v) is 14.1. The zero-order chi connectivity index (χ0) is 49.4. The van der Waals surface area contributed by atoms with E-state index in [9.17, 15) is 45.0 Å². The smallest absolute Gasteiger partial charge is 0.311 e. The van der Waals surface area contributed by atoms with Crippen LogP contribution in [0, 0.1) is 17.8 Å². The van der Waals surface area contributed by atoms with Crippen molar-refractivity contribution in [1.29, 1.82) is 0 Å². The van der Waals surface area contributed by atoms with E-state index in [1.54, 1.807) is 55.4 Å². The van der Waals surface area contributed by atoms with Crippen molar-refractivity contribution in [2.24, 2.45) is 17.8 Å². The monoisotopic (exact) mass is 938 g/mol. The highest BCUT2D eigenvalue weighted by atomic mass is 16.7. The number of esters is 2. The summed E-state index contributed by atoms with van der Waals surface area (Å²) in [5, 5.41) is 69.5. The number of cyclic esters (lactones) is 1. The third kappa shape index (κ3) is 13.6. The fraction of sp³-hybridized carbons (Fsp3) is 0.933. The summed E-state index contributed by atoms with van der Waals surface area (Å²) in [6.45, 7) is 15.0. The SMILES string of the molecule is CC[C@H]1OC(=O)[C@H](C)[C@@H](O[C@H]2C[C@@](C)(OC)[C@@H](OC(=O)CCNC(CO)(CO)CO)[C@H](C)O2)[C@H](C)[C@@H](O[C@@H]2O[C@H](C)C[C@H](N(C)C)[C@H]2O)[C@](C)(OC)C[C@@H](C)C(=O)N[C@H](C)[C@@H](O)[C@]1(C)O. The molecule has 20 heteroatoms. The predicted octanol–water partition coefficient (Wildman–Crippen LogP) is -0.0145. The Kier molecular flexibility index (Phi) is 21.0. The number of aliphatic hydroxyl groups excluding tert-OH is 5. The number of likely N-dealkylation sites (N-methyl/N-ethyl adjacent to an activating group) is 1. The van der Waals surface area contributed by atoms with E-state index in [1.807, 2.05) is 25.9 Å². The third-order valence-electron chi connectivity index (χ3n) is 14.1. The van der Waals surface area contributed by atoms with Crippen molar-refractivity contribution in [3.8, 4) is 0 Å². The number of nitrogens with one attached hydrogen (secondary N) is 2. The van der Waals surface area contributed by atoms with Crippen LogP contribution in [0.5, 0.6) is 0 Å². The number of hydrogen-bond acceptors (Lipinski definition) is 19. The number of hydrogen-bond donors (Lipinski definition) is 8. The standard InChI is InChI=1S/C45H83N3O17/c1-15-31-44(10,57)36(54)28(6)47-39(55)24(2)19-42(8,58-13)37(65-41-34(53)30(48(11)12)18-25(3)60-41)26(4)35(27(5)40(56)62-31)64-33-20-43(9,59-14)38(29(7)61-33)63-32(52)16-17-46-45(21-49,22-50)23-51/h24-31,33-38,41,46,49-51,53-54,57H,15-23H2,1-14H3,(H,47,55)/t24-,25-,26+,27-,28-,29+,30+,31-,33+,34-,35+,36-,37-,38+,41+,42-,43-,44-/m1/s1. The molecule has 8 N–H and O–H groups in total. The first-order chi connectivity index (χ1) is 30.2. The first-order valence-corrected chi connectivity index (χ1v) is 23.0. The van der Waals surface area contributed by atoms with Crippen LogP contribution in [-0.2, 0) is 52.3 Å². The second-order valence-electron chi connectivity index (χ2n) is 19.6. The number of ether oxygens (including phenoxy) is 8. The van der Waals surface area contributed by atoms with Gasteiger partial charge in [0, 0.05) is 45.1 Å². The second-order valence-corrected chi connectivity index (χ2v) is 19.6. The van der Waals surface area contributed by atoms with Crippen LogP contribution >= 0.6 is 0 Å². The van der Waals surface area contributed by atoms with Crippen molar-refractivity contribution in [1.82, 2.24) is 15.5 Å². The molecular formula is C45H83N3O17. The lowest BCUT2D eigenvalue weighted by Crippen LogP contribution is -2.61. The molecule has 0 aromatic rings. The van der Waals surface area contributed by atoms with E-state index >= 15 is 0 Å². The van der Waals surface area contributed by atoms with E-state index in [-0.39, 0.29) is 44.4 Å². The molecule has 3 aliphatic heterocycles. The van der Waals surface area contributed by atoms with E-state index in [0.717, 1.165) is 0 Å². The molecule has 65 heavy (non-hydrogen) atoms. The molecule has 0 bridgehead atoms. The normalized spacial score (nSPS) is 41.8. The van der Waals surface area contributed by atoms with Gasteiger partial charge in [-0.2, -0.15) is 0 Å². The lowest BCUT2D eigenvalue weighted by atomic mass is 9.77. The van der Waals surface area contributed by atoms with E-state index in [0.29, 0.717) is 6.42 Å². The Morgan fingerprint density at radius 2 is 1.49 bits per heavy atom. The molecule has 3 aliphatic rings. The molecule has 20 nitrogen and oxygen atoms in total. The molecule has 3 fully saturated rings. The largest absolute Gasteiger partial charge is 0.459 e. The molecule has 0 unspecified atom stereocenters. The van der Waals surface area contributed by atoms with E-state index < -0.39 is 139 Å². The minimum absolute atomic E-state index is 0.00912. The highest BCUT2D eigenvalue weighted by Crippen LogP contribution is 2.41. The summed E-state index contributed by atoms with van der Waals surface area (Å²) in [7, 11) is 6.64. The maximum atomic E-state index is 14.5. The van der Waals surface area contributed by atoms with Crippen molar-refractivity contribution in [3.05, 3.63) is 0 Å². The first-order valence-electron chi connectivity index (χ1n) is 23.0. The van der Waals surface area contributed by atoms with Crippen LogP contribution in [0.25, 0.3) is 0 Å². The molecule has 0 spiro atoms. The van der Waals surface area contributed by atoms with Gasteiger partial charge in [0.25, 0.3) is 0 Å². The molecular weight excluding hydrogens is 854 g/mol. The van der Waals surface area contributed by atoms with Crippen LogP contribution in [-0.4, -0.2) is 204 Å².